The highest BCUT2D eigenvalue weighted by atomic mass is 16.5. The lowest BCUT2D eigenvalue weighted by Crippen LogP contribution is -2.51. The van der Waals surface area contributed by atoms with E-state index in [0.29, 0.717) is 19.3 Å². The molecule has 8 nitrogen and oxygen atoms in total. The van der Waals surface area contributed by atoms with Crippen LogP contribution in [0.25, 0.3) is 33.5 Å². The Bertz CT molecular complexity index is 1530. The number of likely N-dealkylation sites (N-methyl/N-ethyl adjacent to an activating group) is 1. The molecule has 5 aromatic rings. The van der Waals surface area contributed by atoms with E-state index in [4.69, 9.17) is 14.5 Å². The number of nitrogens with zero attached hydrogens (tertiary/aromatic N) is 4. The van der Waals surface area contributed by atoms with Crippen molar-refractivity contribution in [2.45, 2.75) is 32.3 Å². The van der Waals surface area contributed by atoms with Gasteiger partial charge in [-0.15, -0.1) is 0 Å². The number of hydrogen-bond acceptors (Lipinski definition) is 6. The van der Waals surface area contributed by atoms with E-state index in [-0.39, 0.29) is 6.10 Å². The fourth-order valence-electron chi connectivity index (χ4n) is 5.24. The molecular weight excluding hydrogens is 476 g/mol. The second-order valence-corrected chi connectivity index (χ2v) is 10.4. The second kappa shape index (κ2) is 10.6. The van der Waals surface area contributed by atoms with Crippen LogP contribution in [0.4, 0.5) is 5.69 Å². The van der Waals surface area contributed by atoms with Gasteiger partial charge in [0.05, 0.1) is 42.5 Å². The van der Waals surface area contributed by atoms with Gasteiger partial charge in [0.15, 0.2) is 5.82 Å². The van der Waals surface area contributed by atoms with Crippen molar-refractivity contribution in [3.63, 3.8) is 0 Å². The molecule has 0 amide bonds. The van der Waals surface area contributed by atoms with Gasteiger partial charge in [0.2, 0.25) is 0 Å². The Kier molecular flexibility index (Phi) is 6.84. The molecule has 3 heterocycles. The van der Waals surface area contributed by atoms with Crippen LogP contribution in [0, 0.1) is 0 Å². The molecule has 1 aliphatic rings. The first-order chi connectivity index (χ1) is 18.5. The summed E-state index contributed by atoms with van der Waals surface area (Å²) >= 11 is 0. The monoisotopic (exact) mass is 510 g/mol. The molecule has 2 aromatic heterocycles. The molecule has 1 saturated heterocycles. The Labute approximate surface area is 222 Å². The van der Waals surface area contributed by atoms with Crippen molar-refractivity contribution in [3.8, 4) is 11.5 Å². The largest absolute Gasteiger partial charge is 0.373 e. The van der Waals surface area contributed by atoms with Crippen LogP contribution in [-0.4, -0.2) is 71.0 Å². The van der Waals surface area contributed by atoms with Crippen LogP contribution in [0.2, 0.25) is 0 Å². The van der Waals surface area contributed by atoms with Gasteiger partial charge in [-0.25, -0.2) is 4.98 Å². The van der Waals surface area contributed by atoms with Gasteiger partial charge >= 0.3 is 0 Å². The maximum atomic E-state index is 6.07. The molecule has 0 radical (unpaired) electrons. The third kappa shape index (κ3) is 5.03. The van der Waals surface area contributed by atoms with Crippen molar-refractivity contribution < 1.29 is 9.47 Å². The van der Waals surface area contributed by atoms with Crippen molar-refractivity contribution in [2.75, 3.05) is 38.7 Å². The number of imidazole rings is 1. The number of ether oxygens (including phenoxy) is 2. The van der Waals surface area contributed by atoms with Gasteiger partial charge in [-0.1, -0.05) is 48.5 Å². The van der Waals surface area contributed by atoms with Crippen LogP contribution in [0.3, 0.4) is 0 Å². The number of anilines is 1. The van der Waals surface area contributed by atoms with Gasteiger partial charge in [0.1, 0.15) is 5.69 Å². The molecule has 0 bridgehead atoms. The highest BCUT2D eigenvalue weighted by Gasteiger charge is 2.27. The van der Waals surface area contributed by atoms with Crippen LogP contribution < -0.4 is 4.90 Å². The van der Waals surface area contributed by atoms with Gasteiger partial charge in [-0.3, -0.25) is 5.10 Å². The minimum atomic E-state index is 0.190. The normalized spacial score (nSPS) is 18.2. The summed E-state index contributed by atoms with van der Waals surface area (Å²) in [6, 6.07) is 23.2. The zero-order valence-corrected chi connectivity index (χ0v) is 22.1. The van der Waals surface area contributed by atoms with Crippen molar-refractivity contribution in [2.24, 2.45) is 0 Å². The molecule has 2 atom stereocenters. The molecule has 196 valence electrons. The fourth-order valence-corrected chi connectivity index (χ4v) is 5.24. The van der Waals surface area contributed by atoms with E-state index in [2.05, 4.69) is 88.5 Å². The summed E-state index contributed by atoms with van der Waals surface area (Å²) in [5.41, 5.74) is 7.12. The zero-order valence-electron chi connectivity index (χ0n) is 22.1. The van der Waals surface area contributed by atoms with Crippen molar-refractivity contribution in [3.05, 3.63) is 77.9 Å². The number of hydrogen-bond donors (Lipinski definition) is 2. The van der Waals surface area contributed by atoms with E-state index < -0.39 is 0 Å². The molecule has 1 aliphatic heterocycles. The van der Waals surface area contributed by atoms with E-state index in [0.717, 1.165) is 64.3 Å². The first kappa shape index (κ1) is 24.6. The lowest BCUT2D eigenvalue weighted by molar-refractivity contribution is 0.00880. The quantitative estimate of drug-likeness (QED) is 0.307. The lowest BCUT2D eigenvalue weighted by Gasteiger charge is -2.40. The highest BCUT2D eigenvalue weighted by Crippen LogP contribution is 2.31. The number of aromatic nitrogens is 4. The highest BCUT2D eigenvalue weighted by molar-refractivity contribution is 5.95. The number of aromatic amines is 2. The molecule has 0 saturated carbocycles. The number of fused-ring (bicyclic) bond motifs is 2. The van der Waals surface area contributed by atoms with E-state index in [9.17, 15) is 0 Å². The summed E-state index contributed by atoms with van der Waals surface area (Å²) < 4.78 is 12.1. The summed E-state index contributed by atoms with van der Waals surface area (Å²) in [5, 5.41) is 8.89. The number of rotatable bonds is 8. The van der Waals surface area contributed by atoms with Gasteiger partial charge in [0.25, 0.3) is 0 Å². The number of H-pyrrole nitrogens is 2. The summed E-state index contributed by atoms with van der Waals surface area (Å²) in [7, 11) is 4.17. The average molecular weight is 511 g/mol. The fraction of sp³-hybridized carbons (Fsp3) is 0.333. The molecule has 0 spiro atoms. The van der Waals surface area contributed by atoms with Gasteiger partial charge in [-0.2, -0.15) is 5.10 Å². The Morgan fingerprint density at radius 1 is 1.05 bits per heavy atom. The number of para-hydroxylation sites is 1. The van der Waals surface area contributed by atoms with Crippen LogP contribution in [0.5, 0.6) is 0 Å². The standard InChI is InChI=1S/C30H34N6O2/c1-20-17-38-24(15-35(2)3)16-36(20)23-12-13-26-27(14-23)32-30(31-26)29-25-11-7-10-22(28(25)33-34-29)19-37-18-21-8-5-4-6-9-21/h4-14,20,24H,15-19H2,1-3H3,(H,31,32)(H,33,34). The number of morpholine rings is 1. The molecule has 8 heteroatoms. The minimum Gasteiger partial charge on any atom is -0.373 e. The molecule has 2 N–H and O–H groups in total. The molecule has 2 unspecified atom stereocenters. The summed E-state index contributed by atoms with van der Waals surface area (Å²) in [4.78, 5) is 13.0. The van der Waals surface area contributed by atoms with Crippen molar-refractivity contribution in [1.82, 2.24) is 25.1 Å². The van der Waals surface area contributed by atoms with Crippen LogP contribution in [0.1, 0.15) is 18.1 Å². The predicted molar refractivity (Wildman–Crippen MR) is 151 cm³/mol. The third-order valence-corrected chi connectivity index (χ3v) is 7.15. The van der Waals surface area contributed by atoms with E-state index >= 15 is 0 Å². The molecule has 0 aliphatic carbocycles. The Morgan fingerprint density at radius 3 is 2.76 bits per heavy atom. The van der Waals surface area contributed by atoms with Crippen LogP contribution in [-0.2, 0) is 22.7 Å². The molecule has 1 fully saturated rings. The smallest absolute Gasteiger partial charge is 0.159 e. The van der Waals surface area contributed by atoms with Gasteiger partial charge in [0, 0.05) is 35.8 Å². The van der Waals surface area contributed by atoms with E-state index in [1.165, 1.54) is 5.69 Å². The average Bonchev–Trinajstić information content (AvgIpc) is 3.54. The first-order valence-electron chi connectivity index (χ1n) is 13.2. The van der Waals surface area contributed by atoms with Gasteiger partial charge < -0.3 is 24.3 Å². The Balaban J connectivity index is 1.23. The maximum absolute atomic E-state index is 6.07. The molecule has 6 rings (SSSR count). The molecule has 38 heavy (non-hydrogen) atoms. The minimum absolute atomic E-state index is 0.190. The molecule has 3 aromatic carbocycles. The third-order valence-electron chi connectivity index (χ3n) is 7.15. The zero-order chi connectivity index (χ0) is 26.1. The summed E-state index contributed by atoms with van der Waals surface area (Å²) in [6.07, 6.45) is 0.190. The summed E-state index contributed by atoms with van der Waals surface area (Å²) in [5.74, 6) is 0.756. The Hall–Kier alpha value is -3.72. The van der Waals surface area contributed by atoms with Gasteiger partial charge in [-0.05, 0) is 44.8 Å². The van der Waals surface area contributed by atoms with Crippen molar-refractivity contribution >= 4 is 27.6 Å². The summed E-state index contributed by atoms with van der Waals surface area (Å²) in [6.45, 7) is 5.79. The Morgan fingerprint density at radius 2 is 1.92 bits per heavy atom. The maximum Gasteiger partial charge on any atom is 0.159 e. The van der Waals surface area contributed by atoms with Crippen LogP contribution >= 0.6 is 0 Å². The van der Waals surface area contributed by atoms with E-state index in [1.807, 2.05) is 24.3 Å². The predicted octanol–water partition coefficient (Wildman–Crippen LogP) is 4.98. The number of benzene rings is 3. The topological polar surface area (TPSA) is 82.3 Å². The van der Waals surface area contributed by atoms with Crippen molar-refractivity contribution in [1.29, 1.82) is 0 Å². The first-order valence-corrected chi connectivity index (χ1v) is 13.2. The SMILES string of the molecule is CC1COC(CN(C)C)CN1c1ccc2nc(-c3n[nH]c4c(COCc5ccccc5)cccc34)[nH]c2c1. The second-order valence-electron chi connectivity index (χ2n) is 10.4. The van der Waals surface area contributed by atoms with Crippen LogP contribution in [0.15, 0.2) is 66.7 Å². The lowest BCUT2D eigenvalue weighted by atomic mass is 10.1. The number of nitrogens with one attached hydrogen (secondary N) is 2. The molecular formula is C30H34N6O2. The van der Waals surface area contributed by atoms with E-state index in [1.54, 1.807) is 0 Å².